The molecule has 14 nitrogen and oxygen atoms in total. The van der Waals surface area contributed by atoms with Gasteiger partial charge in [0.15, 0.2) is 0 Å². The van der Waals surface area contributed by atoms with E-state index in [2.05, 4.69) is 71.0 Å². The van der Waals surface area contributed by atoms with Crippen molar-refractivity contribution in [3.05, 3.63) is 125 Å². The number of piperazine rings is 1. The van der Waals surface area contributed by atoms with E-state index in [1.54, 1.807) is 48.2 Å². The molecule has 17 heteroatoms. The lowest BCUT2D eigenvalue weighted by molar-refractivity contribution is -0.137. The van der Waals surface area contributed by atoms with Crippen LogP contribution in [-0.2, 0) is 24.3 Å². The van der Waals surface area contributed by atoms with Gasteiger partial charge in [0.05, 0.1) is 17.5 Å². The molecule has 4 aliphatic heterocycles. The van der Waals surface area contributed by atoms with E-state index in [1.807, 2.05) is 42.5 Å². The van der Waals surface area contributed by atoms with Gasteiger partial charge < -0.3 is 24.8 Å². The minimum absolute atomic E-state index is 0.0251. The average Bonchev–Trinajstić information content (AvgIpc) is 3.81. The summed E-state index contributed by atoms with van der Waals surface area (Å²) in [7, 11) is -4.13. The maximum atomic E-state index is 13.5. The predicted octanol–water partition coefficient (Wildman–Crippen LogP) is 7.72. The molecular weight excluding hydrogens is 992 g/mol. The number of ether oxygens (including phenoxy) is 1. The number of nitrogens with one attached hydrogen (secondary N) is 3. The summed E-state index contributed by atoms with van der Waals surface area (Å²) in [5.74, 6) is -0.138. The van der Waals surface area contributed by atoms with Crippen molar-refractivity contribution < 1.29 is 27.5 Å². The summed E-state index contributed by atoms with van der Waals surface area (Å²) in [5, 5.41) is 6.93. The summed E-state index contributed by atoms with van der Waals surface area (Å²) in [6.07, 6.45) is 7.05. The first kappa shape index (κ1) is 54.0. The van der Waals surface area contributed by atoms with Crippen LogP contribution in [0.15, 0.2) is 118 Å². The first-order valence-electron chi connectivity index (χ1n) is 26.6. The van der Waals surface area contributed by atoms with Gasteiger partial charge >= 0.3 is 0 Å². The monoisotopic (exact) mass is 1060 g/mol. The molecule has 3 N–H and O–H groups in total. The van der Waals surface area contributed by atoms with E-state index in [0.29, 0.717) is 12.8 Å². The zero-order chi connectivity index (χ0) is 51.5. The van der Waals surface area contributed by atoms with Crippen LogP contribution in [0.25, 0.3) is 5.57 Å². The number of anilines is 2. The third kappa shape index (κ3) is 14.8. The highest BCUT2D eigenvalue weighted by Crippen LogP contribution is 2.44. The second-order valence-electron chi connectivity index (χ2n) is 21.0. The second kappa shape index (κ2) is 25.4. The second-order valence-corrected chi connectivity index (χ2v) is 24.3. The minimum Gasteiger partial charge on any atom is -0.381 e. The van der Waals surface area contributed by atoms with Crippen LogP contribution in [0.1, 0.15) is 74.2 Å². The Morgan fingerprint density at radius 1 is 0.811 bits per heavy atom. The van der Waals surface area contributed by atoms with Crippen LogP contribution < -0.4 is 20.3 Å². The molecule has 3 atom stereocenters. The lowest BCUT2D eigenvalue weighted by atomic mass is 9.71. The van der Waals surface area contributed by atoms with Crippen molar-refractivity contribution in [1.29, 1.82) is 0 Å². The highest BCUT2D eigenvalue weighted by atomic mass is 35.5. The molecule has 4 heterocycles. The van der Waals surface area contributed by atoms with Crippen molar-refractivity contribution in [2.75, 3.05) is 114 Å². The predicted molar refractivity (Wildman–Crippen MR) is 296 cm³/mol. The number of halogens is 1. The molecule has 9 rings (SSSR count). The van der Waals surface area contributed by atoms with Gasteiger partial charge in [0.1, 0.15) is 0 Å². The number of piperidine rings is 1. The van der Waals surface area contributed by atoms with Crippen molar-refractivity contribution >= 4 is 68.1 Å². The quantitative estimate of drug-likeness (QED) is 0.0661. The van der Waals surface area contributed by atoms with Gasteiger partial charge in [-0.2, -0.15) is 0 Å². The van der Waals surface area contributed by atoms with Gasteiger partial charge in [-0.25, -0.2) is 13.1 Å². The highest BCUT2D eigenvalue weighted by molar-refractivity contribution is 7.99. The Morgan fingerprint density at radius 2 is 1.55 bits per heavy atom. The van der Waals surface area contributed by atoms with Crippen molar-refractivity contribution in [2.45, 2.75) is 80.2 Å². The van der Waals surface area contributed by atoms with Crippen molar-refractivity contribution in [1.82, 2.24) is 29.6 Å². The number of carbonyl (C=O) groups is 3. The topological polar surface area (TPSA) is 147 Å². The summed E-state index contributed by atoms with van der Waals surface area (Å²) in [4.78, 5) is 51.4. The fourth-order valence-corrected chi connectivity index (χ4v) is 13.5. The van der Waals surface area contributed by atoms with Crippen molar-refractivity contribution in [2.24, 2.45) is 5.41 Å². The Morgan fingerprint density at radius 3 is 2.31 bits per heavy atom. The average molecular weight is 1070 g/mol. The summed E-state index contributed by atoms with van der Waals surface area (Å²) in [6.45, 7) is 15.8. The SMILES string of the molecule is C[C@@]1(CN2CCCN(C3CCC(=O)NC3=O)CC2)CCC(c2ccc(Cl)cc2)=C(CN2CCN(c3ccc(C(=O)NS(=O)(=O)c4ccc(N[C@H](CCN5CCCOCC5)CSc5ccccc5)cc4)cc3)CC2)C1. The molecule has 4 fully saturated rings. The molecule has 3 amide bonds. The van der Waals surface area contributed by atoms with Crippen LogP contribution >= 0.6 is 23.4 Å². The van der Waals surface area contributed by atoms with Gasteiger partial charge in [-0.3, -0.25) is 29.5 Å². The van der Waals surface area contributed by atoms with Crippen LogP contribution in [0.5, 0.6) is 0 Å². The maximum absolute atomic E-state index is 13.5. The molecule has 0 radical (unpaired) electrons. The molecule has 396 valence electrons. The normalized spacial score (nSPS) is 22.7. The molecule has 0 bridgehead atoms. The number of nitrogens with zero attached hydrogens (tertiary/aromatic N) is 5. The molecule has 0 saturated carbocycles. The van der Waals surface area contributed by atoms with Gasteiger partial charge in [0.25, 0.3) is 15.9 Å². The van der Waals surface area contributed by atoms with Gasteiger partial charge in [0, 0.05) is 130 Å². The number of hydrogen-bond acceptors (Lipinski definition) is 13. The summed E-state index contributed by atoms with van der Waals surface area (Å²) in [6, 6.07) is 32.4. The van der Waals surface area contributed by atoms with Crippen molar-refractivity contribution in [3.63, 3.8) is 0 Å². The number of imide groups is 1. The molecule has 4 aromatic carbocycles. The van der Waals surface area contributed by atoms with Gasteiger partial charge in [-0.15, -0.1) is 11.8 Å². The Hall–Kier alpha value is -4.78. The third-order valence-corrected chi connectivity index (χ3v) is 18.2. The van der Waals surface area contributed by atoms with Gasteiger partial charge in [0.2, 0.25) is 11.8 Å². The van der Waals surface area contributed by atoms with E-state index in [9.17, 15) is 22.8 Å². The smallest absolute Gasteiger partial charge is 0.264 e. The van der Waals surface area contributed by atoms with E-state index in [4.69, 9.17) is 16.3 Å². The van der Waals surface area contributed by atoms with Crippen molar-refractivity contribution in [3.8, 4) is 0 Å². The Balaban J connectivity index is 0.772. The minimum atomic E-state index is -4.13. The van der Waals surface area contributed by atoms with E-state index in [0.717, 1.165) is 159 Å². The van der Waals surface area contributed by atoms with Gasteiger partial charge in [-0.1, -0.05) is 54.4 Å². The molecule has 4 saturated heterocycles. The molecule has 5 aliphatic rings. The number of sulfonamides is 1. The Kier molecular flexibility index (Phi) is 18.5. The van der Waals surface area contributed by atoms with Gasteiger partial charge in [-0.05, 0) is 141 Å². The number of benzene rings is 4. The fourth-order valence-electron chi connectivity index (χ4n) is 11.4. The summed E-state index contributed by atoms with van der Waals surface area (Å²) < 4.78 is 35.0. The van der Waals surface area contributed by atoms with Crippen LogP contribution in [0.4, 0.5) is 11.4 Å². The third-order valence-electron chi connectivity index (χ3n) is 15.5. The molecule has 1 unspecified atom stereocenters. The number of amides is 3. The number of hydrogen-bond donors (Lipinski definition) is 3. The van der Waals surface area contributed by atoms with Crippen LogP contribution in [0.3, 0.4) is 0 Å². The number of thioether (sulfide) groups is 1. The number of allylic oxidation sites excluding steroid dienone is 1. The first-order chi connectivity index (χ1) is 35.8. The standard InChI is InChI=1S/C57H73ClN8O6S2/c1-57(42-64-26-5-28-66(35-32-64)53-21-22-54(67)60-56(53)69)25-23-52(43-9-13-46(58)14-10-43)45(39-57)40-63-30-33-65(34-31-63)49-17-11-44(12-18-49)55(68)61-74(70,71)51-19-15-47(16-20-51)59-48(41-73-50-7-3-2-4-8-50)24-29-62-27-6-37-72-38-36-62/h2-4,7-20,48,53,59H,5-6,21-42H2,1H3,(H,61,68)(H,60,67,69)/t48-,53?,57-/m1/s1. The molecule has 0 aromatic heterocycles. The van der Waals surface area contributed by atoms with E-state index in [-0.39, 0.29) is 39.8 Å². The maximum Gasteiger partial charge on any atom is 0.264 e. The zero-order valence-corrected chi connectivity index (χ0v) is 45.2. The number of rotatable bonds is 18. The summed E-state index contributed by atoms with van der Waals surface area (Å²) >= 11 is 8.16. The molecule has 0 spiro atoms. The van der Waals surface area contributed by atoms with E-state index < -0.39 is 15.9 Å². The first-order valence-corrected chi connectivity index (χ1v) is 29.5. The molecule has 4 aromatic rings. The highest BCUT2D eigenvalue weighted by Gasteiger charge is 2.37. The zero-order valence-electron chi connectivity index (χ0n) is 42.8. The molecule has 1 aliphatic carbocycles. The van der Waals surface area contributed by atoms with Crippen LogP contribution in [0, 0.1) is 5.41 Å². The number of carbonyl (C=O) groups excluding carboxylic acids is 3. The Labute approximate surface area is 447 Å². The molecule has 74 heavy (non-hydrogen) atoms. The van der Waals surface area contributed by atoms with E-state index >= 15 is 0 Å². The lowest BCUT2D eigenvalue weighted by Gasteiger charge is -2.42. The summed E-state index contributed by atoms with van der Waals surface area (Å²) in [5.41, 5.74) is 6.35. The van der Waals surface area contributed by atoms with Crippen LogP contribution in [-0.4, -0.2) is 162 Å². The fraction of sp³-hybridized carbons (Fsp3) is 0.491. The Bertz CT molecular complexity index is 2660. The largest absolute Gasteiger partial charge is 0.381 e. The molecular formula is C57H73ClN8O6S2. The van der Waals surface area contributed by atoms with E-state index in [1.165, 1.54) is 21.6 Å². The lowest BCUT2D eigenvalue weighted by Crippen LogP contribution is -2.53. The van der Waals surface area contributed by atoms with Crippen LogP contribution in [0.2, 0.25) is 5.02 Å².